The Bertz CT molecular complexity index is 2120. The Labute approximate surface area is 479 Å². The summed E-state index contributed by atoms with van der Waals surface area (Å²) in [5, 5.41) is 35.5. The van der Waals surface area contributed by atoms with Gasteiger partial charge in [0.15, 0.2) is 0 Å². The zero-order valence-corrected chi connectivity index (χ0v) is 50.8. The molecule has 2 aromatic rings. The molecule has 6 atom stereocenters. The van der Waals surface area contributed by atoms with E-state index >= 15 is 0 Å². The Kier molecular flexibility index (Phi) is 36.3. The van der Waals surface area contributed by atoms with Crippen molar-refractivity contribution in [1.82, 2.24) is 47.4 Å². The third kappa shape index (κ3) is 25.6. The summed E-state index contributed by atoms with van der Waals surface area (Å²) in [4.78, 5) is 82.9. The average molecular weight is 1490 g/mol. The van der Waals surface area contributed by atoms with Gasteiger partial charge in [-0.05, 0) is 0 Å². The number of halogens is 4. The van der Waals surface area contributed by atoms with Gasteiger partial charge in [-0.2, -0.15) is 0 Å². The van der Waals surface area contributed by atoms with Crippen molar-refractivity contribution in [1.29, 1.82) is 0 Å². The Morgan fingerprint density at radius 1 is 0.473 bits per heavy atom. The first-order chi connectivity index (χ1) is 35.0. The van der Waals surface area contributed by atoms with E-state index < -0.39 is 72.1 Å². The number of rotatable bonds is 34. The van der Waals surface area contributed by atoms with Gasteiger partial charge in [-0.15, -0.1) is 76.6 Å². The fraction of sp³-hybridized carbons (Fsp3) is 0.542. The summed E-state index contributed by atoms with van der Waals surface area (Å²) in [5.74, 6) is 0. The van der Waals surface area contributed by atoms with Crippen molar-refractivity contribution in [3.63, 3.8) is 0 Å². The van der Waals surface area contributed by atoms with Gasteiger partial charge in [-0.3, -0.25) is 14.7 Å². The fourth-order valence-corrected chi connectivity index (χ4v) is 7.19. The standard InChI is InChI=1S/C30H48N6O6.C12H15N3O6.C6H11N.I3.HI/c1-7-13-31(14-8-2)19-25(37)22-34-28(40)35(23-26(38)20-32(15-9-3)16-10-4)30(42)36(29(34)41)24-27(39)21-33(17-11-5)18-12-6;16-10-13(1-7-4-19-7)11(17)15(3-9-6-21-9)12(18)14(10)2-8-5-20-8;1-3-5-7-6-4-2;1-3-2;/h7-12,25-27,37-39H,1-6,13-24H2;7-9H,1-6H2;3-4,7H,1-2,5-6H2;;1H/q;;;-1;. The second-order valence-electron chi connectivity index (χ2n) is 16.9. The van der Waals surface area contributed by atoms with Gasteiger partial charge in [0.25, 0.3) is 0 Å². The van der Waals surface area contributed by atoms with Crippen molar-refractivity contribution < 1.29 is 42.8 Å². The van der Waals surface area contributed by atoms with Crippen molar-refractivity contribution in [3.05, 3.63) is 164 Å². The van der Waals surface area contributed by atoms with Crippen molar-refractivity contribution in [2.75, 3.05) is 91.8 Å². The first-order valence-corrected chi connectivity index (χ1v) is 36.0. The van der Waals surface area contributed by atoms with Crippen LogP contribution < -0.4 is 52.7 Å². The van der Waals surface area contributed by atoms with Crippen LogP contribution in [0, 0.1) is 0 Å². The molecular weight excluding hydrogens is 1420 g/mol. The molecule has 3 aliphatic heterocycles. The summed E-state index contributed by atoms with van der Waals surface area (Å²) in [6.07, 6.45) is 9.74. The quantitative estimate of drug-likeness (QED) is 0.0236. The molecule has 0 bridgehead atoms. The van der Waals surface area contributed by atoms with Crippen LogP contribution in [0.2, 0.25) is 0 Å². The van der Waals surface area contributed by atoms with Gasteiger partial charge in [0.05, 0.1) is 95.7 Å². The number of nitrogens with zero attached hydrogens (tertiary/aromatic N) is 9. The molecule has 5 heterocycles. The van der Waals surface area contributed by atoms with Gasteiger partial charge in [0, 0.05) is 72.0 Å². The third-order valence-corrected chi connectivity index (χ3v) is 10.6. The number of hydrogen-bond donors (Lipinski definition) is 4. The average Bonchev–Trinajstić information content (AvgIpc) is 4.20. The van der Waals surface area contributed by atoms with E-state index in [9.17, 15) is 44.1 Å². The molecule has 5 rings (SSSR count). The van der Waals surface area contributed by atoms with E-state index in [-0.39, 0.29) is 81.6 Å². The molecule has 3 saturated heterocycles. The van der Waals surface area contributed by atoms with Crippen LogP contribution >= 0.6 is 61.2 Å². The van der Waals surface area contributed by atoms with Crippen LogP contribution in [0.15, 0.2) is 130 Å². The maximum atomic E-state index is 13.4. The zero-order chi connectivity index (χ0) is 54.5. The molecule has 418 valence electrons. The van der Waals surface area contributed by atoms with E-state index in [1.54, 1.807) is 36.5 Å². The summed E-state index contributed by atoms with van der Waals surface area (Å²) in [6.45, 7) is 34.8. The minimum Gasteiger partial charge on any atom is -0.371 e. The maximum absolute atomic E-state index is 13.4. The summed E-state index contributed by atoms with van der Waals surface area (Å²) >= 11 is 5.30. The van der Waals surface area contributed by atoms with Gasteiger partial charge < -0.3 is 34.8 Å². The first-order valence-electron chi connectivity index (χ1n) is 23.4. The molecule has 0 saturated carbocycles. The molecule has 2 aromatic heterocycles. The summed E-state index contributed by atoms with van der Waals surface area (Å²) < 4.78 is 20.7. The number of aliphatic hydroxyl groups is 3. The number of aromatic nitrogens is 6. The van der Waals surface area contributed by atoms with Crippen LogP contribution in [-0.4, -0.2) is 186 Å². The minimum absolute atomic E-state index is 0. The molecule has 0 aromatic carbocycles. The van der Waals surface area contributed by atoms with Gasteiger partial charge >= 0.3 is 84.6 Å². The molecule has 0 spiro atoms. The maximum Gasteiger partial charge on any atom is 0.336 e. The largest absolute Gasteiger partial charge is 0.371 e. The smallest absolute Gasteiger partial charge is 0.336 e. The van der Waals surface area contributed by atoms with E-state index in [0.29, 0.717) is 72.3 Å². The number of ether oxygens (including phenoxy) is 3. The third-order valence-electron chi connectivity index (χ3n) is 10.6. The number of nitrogens with one attached hydrogen (secondary N) is 1. The van der Waals surface area contributed by atoms with E-state index in [4.69, 9.17) is 14.2 Å². The Morgan fingerprint density at radius 3 is 0.851 bits per heavy atom. The first kappa shape index (κ1) is 69.3. The molecule has 0 radical (unpaired) electrons. The summed E-state index contributed by atoms with van der Waals surface area (Å²) in [6, 6.07) is 0. The van der Waals surface area contributed by atoms with E-state index in [2.05, 4.69) is 95.2 Å². The predicted octanol–water partition coefficient (Wildman–Crippen LogP) is -3.01. The van der Waals surface area contributed by atoms with Crippen LogP contribution in [0.5, 0.6) is 0 Å². The normalized spacial score (nSPS) is 17.1. The van der Waals surface area contributed by atoms with Gasteiger partial charge in [0.1, 0.15) is 0 Å². The Morgan fingerprint density at radius 2 is 0.676 bits per heavy atom. The van der Waals surface area contributed by atoms with E-state index in [0.717, 1.165) is 40.5 Å². The SMILES string of the molecule is C=CCN(CC=C)CC(O)Cn1c(=O)n(CC(O)CN(CC=C)CC=C)c(=O)n(CC(O)CN(CC=C)CC=C)c1=O.C=CCNCC=C.I.I[I-]I.O=c1n(CC2CO2)c(=O)n(CC2CO2)c(=O)n1CC1CO1. The van der Waals surface area contributed by atoms with Crippen LogP contribution in [0.3, 0.4) is 0 Å². The number of aliphatic hydroxyl groups excluding tert-OH is 3. The van der Waals surface area contributed by atoms with E-state index in [1.165, 1.54) is 0 Å². The molecule has 0 amide bonds. The van der Waals surface area contributed by atoms with E-state index in [1.807, 2.05) is 26.9 Å². The van der Waals surface area contributed by atoms with Gasteiger partial charge in [-0.25, -0.2) is 56.2 Å². The molecule has 74 heavy (non-hydrogen) atoms. The molecule has 3 aliphatic rings. The second-order valence-corrected chi connectivity index (χ2v) is 33.1. The predicted molar refractivity (Wildman–Crippen MR) is 313 cm³/mol. The van der Waals surface area contributed by atoms with Crippen LogP contribution in [0.4, 0.5) is 0 Å². The van der Waals surface area contributed by atoms with Crippen LogP contribution in [0.25, 0.3) is 0 Å². The molecule has 6 unspecified atom stereocenters. The number of epoxide rings is 3. The Hall–Kier alpha value is -2.74. The molecule has 0 aliphatic carbocycles. The summed E-state index contributed by atoms with van der Waals surface area (Å²) in [7, 11) is 0. The fourth-order valence-electron chi connectivity index (χ4n) is 7.19. The monoisotopic (exact) mass is 1490 g/mol. The minimum atomic E-state index is -1.16. The molecule has 4 N–H and O–H groups in total. The molecular formula is C48H75I4N10O12-. The second kappa shape index (κ2) is 38.8. The van der Waals surface area contributed by atoms with Gasteiger partial charge in [0.2, 0.25) is 0 Å². The van der Waals surface area contributed by atoms with Crippen molar-refractivity contribution in [2.45, 2.75) is 75.9 Å². The van der Waals surface area contributed by atoms with Crippen LogP contribution in [-0.2, 0) is 53.5 Å². The van der Waals surface area contributed by atoms with Crippen LogP contribution in [0.1, 0.15) is 0 Å². The topological polar surface area (TPSA) is 252 Å². The van der Waals surface area contributed by atoms with Crippen molar-refractivity contribution in [2.24, 2.45) is 0 Å². The summed E-state index contributed by atoms with van der Waals surface area (Å²) in [5.41, 5.74) is -4.68. The molecule has 22 nitrogen and oxygen atoms in total. The number of hydrogen-bond acceptors (Lipinski definition) is 16. The Balaban J connectivity index is 0.000000697. The zero-order valence-electron chi connectivity index (χ0n) is 42.0. The van der Waals surface area contributed by atoms with Crippen molar-refractivity contribution in [3.8, 4) is 0 Å². The molecule has 3 fully saturated rings. The van der Waals surface area contributed by atoms with Crippen molar-refractivity contribution >= 4 is 61.2 Å². The van der Waals surface area contributed by atoms with Gasteiger partial charge in [-0.1, -0.05) is 48.6 Å². The molecule has 26 heteroatoms.